The Morgan fingerprint density at radius 1 is 0.941 bits per heavy atom. The summed E-state index contributed by atoms with van der Waals surface area (Å²) in [5, 5.41) is 10.6. The molecule has 1 N–H and O–H groups in total. The Labute approximate surface area is 118 Å². The van der Waals surface area contributed by atoms with Gasteiger partial charge in [0.2, 0.25) is 0 Å². The number of phenols is 1. The van der Waals surface area contributed by atoms with Crippen LogP contribution in [-0.2, 0) is 5.88 Å². The van der Waals surface area contributed by atoms with E-state index in [0.717, 1.165) is 16.7 Å². The molecule has 0 saturated heterocycles. The first-order valence-corrected chi connectivity index (χ1v) is 6.90. The number of hydrogen-bond acceptors (Lipinski definition) is 1. The minimum absolute atomic E-state index is 0.0328. The molecule has 4 heteroatoms. The van der Waals surface area contributed by atoms with Crippen molar-refractivity contribution in [2.75, 3.05) is 0 Å². The van der Waals surface area contributed by atoms with Gasteiger partial charge in [0.25, 0.3) is 0 Å². The Kier molecular flexibility index (Phi) is 5.00. The molecule has 0 aliphatic rings. The largest absolute Gasteiger partial charge is 0.505 e. The molecule has 0 fully saturated rings. The van der Waals surface area contributed by atoms with Crippen molar-refractivity contribution >= 4 is 34.8 Å². The van der Waals surface area contributed by atoms with Gasteiger partial charge in [-0.1, -0.05) is 50.9 Å². The van der Waals surface area contributed by atoms with Gasteiger partial charge in [-0.3, -0.25) is 0 Å². The first-order chi connectivity index (χ1) is 7.82. The zero-order valence-corrected chi connectivity index (χ0v) is 12.7. The van der Waals surface area contributed by atoms with Gasteiger partial charge < -0.3 is 5.11 Å². The predicted octanol–water partition coefficient (Wildman–Crippen LogP) is 5.68. The van der Waals surface area contributed by atoms with Crippen LogP contribution in [0.5, 0.6) is 5.75 Å². The van der Waals surface area contributed by atoms with E-state index in [1.54, 1.807) is 0 Å². The van der Waals surface area contributed by atoms with E-state index >= 15 is 0 Å². The van der Waals surface area contributed by atoms with Crippen molar-refractivity contribution in [3.05, 3.63) is 26.7 Å². The van der Waals surface area contributed by atoms with Crippen molar-refractivity contribution in [1.29, 1.82) is 0 Å². The minimum Gasteiger partial charge on any atom is -0.505 e. The average molecular weight is 296 g/mol. The van der Waals surface area contributed by atoms with Gasteiger partial charge in [-0.05, 0) is 28.5 Å². The van der Waals surface area contributed by atoms with Crippen LogP contribution in [0.2, 0.25) is 10.0 Å². The molecule has 1 aromatic carbocycles. The first-order valence-electron chi connectivity index (χ1n) is 5.61. The van der Waals surface area contributed by atoms with E-state index in [4.69, 9.17) is 34.8 Å². The summed E-state index contributed by atoms with van der Waals surface area (Å²) >= 11 is 18.3. The molecule has 0 saturated carbocycles. The number of hydrogen-bond donors (Lipinski definition) is 1. The summed E-state index contributed by atoms with van der Waals surface area (Å²) in [4.78, 5) is 0. The van der Waals surface area contributed by atoms with Crippen LogP contribution < -0.4 is 0 Å². The van der Waals surface area contributed by atoms with Crippen molar-refractivity contribution < 1.29 is 5.11 Å². The third-order valence-electron chi connectivity index (χ3n) is 2.83. The zero-order chi connectivity index (χ0) is 13.3. The number of benzene rings is 1. The number of alkyl halides is 1. The van der Waals surface area contributed by atoms with E-state index in [-0.39, 0.29) is 17.6 Å². The third-order valence-corrected chi connectivity index (χ3v) is 3.86. The highest BCUT2D eigenvalue weighted by Gasteiger charge is 2.24. The molecule has 0 atom stereocenters. The lowest BCUT2D eigenvalue weighted by atomic mass is 9.89. The summed E-state index contributed by atoms with van der Waals surface area (Å²) in [6.45, 7) is 8.09. The van der Waals surface area contributed by atoms with Crippen molar-refractivity contribution in [1.82, 2.24) is 0 Å². The lowest BCUT2D eigenvalue weighted by Gasteiger charge is -2.22. The average Bonchev–Trinajstić information content (AvgIpc) is 2.23. The van der Waals surface area contributed by atoms with Gasteiger partial charge in [0, 0.05) is 5.88 Å². The SMILES string of the molecule is CC(C)c1c(Cl)c(O)c(Cl)c(C(C)C)c1CCl. The number of rotatable bonds is 3. The van der Waals surface area contributed by atoms with E-state index in [1.807, 2.05) is 27.7 Å². The molecule has 0 heterocycles. The number of phenolic OH excluding ortho intramolecular Hbond substituents is 1. The van der Waals surface area contributed by atoms with Crippen LogP contribution in [0.4, 0.5) is 0 Å². The second kappa shape index (κ2) is 5.69. The van der Waals surface area contributed by atoms with Crippen LogP contribution in [-0.4, -0.2) is 5.11 Å². The highest BCUT2D eigenvalue weighted by molar-refractivity contribution is 6.38. The zero-order valence-electron chi connectivity index (χ0n) is 10.4. The van der Waals surface area contributed by atoms with Crippen molar-refractivity contribution in [3.8, 4) is 5.75 Å². The van der Waals surface area contributed by atoms with Crippen LogP contribution in [0.3, 0.4) is 0 Å². The predicted molar refractivity (Wildman–Crippen MR) is 75.9 cm³/mol. The molecule has 0 amide bonds. The summed E-state index contributed by atoms with van der Waals surface area (Å²) < 4.78 is 0. The number of halogens is 3. The molecule has 0 aliphatic carbocycles. The molecule has 0 aliphatic heterocycles. The second-order valence-electron chi connectivity index (χ2n) is 4.73. The van der Waals surface area contributed by atoms with Gasteiger partial charge in [0.1, 0.15) is 0 Å². The third kappa shape index (κ3) is 2.67. The van der Waals surface area contributed by atoms with Gasteiger partial charge in [0.15, 0.2) is 5.75 Å². The topological polar surface area (TPSA) is 20.2 Å². The highest BCUT2D eigenvalue weighted by Crippen LogP contribution is 2.45. The Morgan fingerprint density at radius 3 is 1.53 bits per heavy atom. The fraction of sp³-hybridized carbons (Fsp3) is 0.538. The summed E-state index contributed by atoms with van der Waals surface area (Å²) in [6.07, 6.45) is 0. The Bertz CT molecular complexity index is 390. The van der Waals surface area contributed by atoms with Gasteiger partial charge >= 0.3 is 0 Å². The maximum Gasteiger partial charge on any atom is 0.153 e. The molecule has 1 nitrogen and oxygen atoms in total. The lowest BCUT2D eigenvalue weighted by molar-refractivity contribution is 0.473. The Balaban J connectivity index is 3.72. The van der Waals surface area contributed by atoms with Gasteiger partial charge in [-0.15, -0.1) is 11.6 Å². The fourth-order valence-electron chi connectivity index (χ4n) is 2.11. The van der Waals surface area contributed by atoms with Crippen molar-refractivity contribution in [2.45, 2.75) is 45.4 Å². The maximum absolute atomic E-state index is 9.98. The molecule has 17 heavy (non-hydrogen) atoms. The molecule has 1 rings (SSSR count). The molecule has 0 spiro atoms. The van der Waals surface area contributed by atoms with Crippen LogP contribution in [0, 0.1) is 0 Å². The fourth-order valence-corrected chi connectivity index (χ4v) is 3.30. The molecule has 0 aromatic heterocycles. The summed E-state index contributed by atoms with van der Waals surface area (Å²) in [5.41, 5.74) is 2.74. The van der Waals surface area contributed by atoms with Crippen LogP contribution in [0.25, 0.3) is 0 Å². The normalized spacial score (nSPS) is 11.6. The molecule has 0 bridgehead atoms. The van der Waals surface area contributed by atoms with E-state index < -0.39 is 0 Å². The lowest BCUT2D eigenvalue weighted by Crippen LogP contribution is -2.04. The maximum atomic E-state index is 9.98. The van der Waals surface area contributed by atoms with Crippen LogP contribution >= 0.6 is 34.8 Å². The smallest absolute Gasteiger partial charge is 0.153 e. The molecule has 0 unspecified atom stereocenters. The summed E-state index contributed by atoms with van der Waals surface area (Å²) in [7, 11) is 0. The number of aromatic hydroxyl groups is 1. The van der Waals surface area contributed by atoms with Gasteiger partial charge in [0.05, 0.1) is 10.0 Å². The molecular formula is C13H17Cl3O. The molecular weight excluding hydrogens is 279 g/mol. The summed E-state index contributed by atoms with van der Waals surface area (Å²) in [6, 6.07) is 0. The minimum atomic E-state index is -0.0328. The van der Waals surface area contributed by atoms with E-state index in [2.05, 4.69) is 0 Å². The molecule has 0 radical (unpaired) electrons. The monoisotopic (exact) mass is 294 g/mol. The first kappa shape index (κ1) is 14.9. The van der Waals surface area contributed by atoms with Crippen LogP contribution in [0.1, 0.15) is 56.2 Å². The van der Waals surface area contributed by atoms with E-state index in [0.29, 0.717) is 15.9 Å². The van der Waals surface area contributed by atoms with Gasteiger partial charge in [-0.2, -0.15) is 0 Å². The van der Waals surface area contributed by atoms with Crippen molar-refractivity contribution in [3.63, 3.8) is 0 Å². The van der Waals surface area contributed by atoms with E-state index in [9.17, 15) is 5.11 Å². The quantitative estimate of drug-likeness (QED) is 0.711. The second-order valence-corrected chi connectivity index (χ2v) is 5.75. The Morgan fingerprint density at radius 2 is 1.29 bits per heavy atom. The van der Waals surface area contributed by atoms with Gasteiger partial charge in [-0.25, -0.2) is 0 Å². The van der Waals surface area contributed by atoms with Crippen LogP contribution in [0.15, 0.2) is 0 Å². The molecule has 96 valence electrons. The van der Waals surface area contributed by atoms with Crippen molar-refractivity contribution in [2.24, 2.45) is 0 Å². The summed E-state index contributed by atoms with van der Waals surface area (Å²) in [5.74, 6) is 0.698. The molecule has 1 aromatic rings. The standard InChI is InChI=1S/C13H17Cl3O/c1-6(2)9-8(5-14)10(7(3)4)12(16)13(17)11(9)15/h6-7,17H,5H2,1-4H3. The highest BCUT2D eigenvalue weighted by atomic mass is 35.5. The van der Waals surface area contributed by atoms with E-state index in [1.165, 1.54) is 0 Å². The Hall–Kier alpha value is -0.110.